The molecule has 0 spiro atoms. The molecule has 1 atom stereocenters. The van der Waals surface area contributed by atoms with Gasteiger partial charge in [0, 0.05) is 25.3 Å². The van der Waals surface area contributed by atoms with Crippen molar-refractivity contribution in [2.45, 2.75) is 45.6 Å². The fourth-order valence-corrected chi connectivity index (χ4v) is 5.41. The third-order valence-corrected chi connectivity index (χ3v) is 6.91. The molecule has 1 aliphatic rings. The van der Waals surface area contributed by atoms with Gasteiger partial charge in [0.25, 0.3) is 0 Å². The van der Waals surface area contributed by atoms with Crippen molar-refractivity contribution in [2.75, 3.05) is 35.1 Å². The first-order chi connectivity index (χ1) is 14.8. The highest BCUT2D eigenvalue weighted by atomic mass is 32.2. The lowest BCUT2D eigenvalue weighted by Crippen LogP contribution is -2.49. The standard InChI is InChI=1S/C24H33N3O3S/c1-4-22(27(31(3,29)30)21-14-12-19(2)13-15-21)24(28)25-16-8-18-26-17-7-10-20-9-5-6-11-23(20)26/h5-6,9,11-15,22H,4,7-8,10,16-18H2,1-3H3,(H,25,28)/t22-/m1/s1. The van der Waals surface area contributed by atoms with Crippen LogP contribution in [0.3, 0.4) is 0 Å². The molecule has 7 heteroatoms. The van der Waals surface area contributed by atoms with Gasteiger partial charge in [0.15, 0.2) is 0 Å². The molecular formula is C24H33N3O3S. The number of carbonyl (C=O) groups excluding carboxylic acids is 1. The molecule has 0 saturated carbocycles. The molecule has 1 N–H and O–H groups in total. The van der Waals surface area contributed by atoms with Crippen LogP contribution in [0.5, 0.6) is 0 Å². The van der Waals surface area contributed by atoms with E-state index in [1.165, 1.54) is 15.6 Å². The number of amides is 1. The lowest BCUT2D eigenvalue weighted by Gasteiger charge is -2.32. The van der Waals surface area contributed by atoms with Gasteiger partial charge < -0.3 is 10.2 Å². The van der Waals surface area contributed by atoms with Crippen molar-refractivity contribution in [3.63, 3.8) is 0 Å². The van der Waals surface area contributed by atoms with E-state index in [1.807, 2.05) is 26.0 Å². The quantitative estimate of drug-likeness (QED) is 0.602. The molecule has 0 aliphatic carbocycles. The number of rotatable bonds is 9. The lowest BCUT2D eigenvalue weighted by molar-refractivity contribution is -0.122. The number of fused-ring (bicyclic) bond motifs is 1. The molecular weight excluding hydrogens is 410 g/mol. The number of anilines is 2. The van der Waals surface area contributed by atoms with Gasteiger partial charge in [-0.05, 0) is 56.4 Å². The van der Waals surface area contributed by atoms with Gasteiger partial charge in [0.05, 0.1) is 11.9 Å². The number of aryl methyl sites for hydroxylation is 2. The smallest absolute Gasteiger partial charge is 0.243 e. The summed E-state index contributed by atoms with van der Waals surface area (Å²) in [4.78, 5) is 15.3. The number of nitrogens with one attached hydrogen (secondary N) is 1. The number of benzene rings is 2. The Hall–Kier alpha value is -2.54. The molecule has 1 heterocycles. The summed E-state index contributed by atoms with van der Waals surface area (Å²) in [7, 11) is -3.60. The highest BCUT2D eigenvalue weighted by Crippen LogP contribution is 2.26. The summed E-state index contributed by atoms with van der Waals surface area (Å²) in [6.45, 7) is 6.18. The van der Waals surface area contributed by atoms with E-state index in [-0.39, 0.29) is 5.91 Å². The predicted octanol–water partition coefficient (Wildman–Crippen LogP) is 3.50. The lowest BCUT2D eigenvalue weighted by atomic mass is 10.0. The molecule has 168 valence electrons. The molecule has 0 bridgehead atoms. The molecule has 0 radical (unpaired) electrons. The Bertz CT molecular complexity index is 989. The molecule has 1 amide bonds. The predicted molar refractivity (Wildman–Crippen MR) is 127 cm³/mol. The Morgan fingerprint density at radius 1 is 1.16 bits per heavy atom. The Morgan fingerprint density at radius 3 is 2.55 bits per heavy atom. The maximum Gasteiger partial charge on any atom is 0.243 e. The molecule has 2 aromatic rings. The summed E-state index contributed by atoms with van der Waals surface area (Å²) in [5, 5.41) is 2.96. The minimum Gasteiger partial charge on any atom is -0.371 e. The van der Waals surface area contributed by atoms with Gasteiger partial charge in [0.1, 0.15) is 6.04 Å². The Labute approximate surface area is 186 Å². The summed E-state index contributed by atoms with van der Waals surface area (Å²) < 4.78 is 26.3. The number of sulfonamides is 1. The van der Waals surface area contributed by atoms with Crippen LogP contribution in [0, 0.1) is 6.92 Å². The highest BCUT2D eigenvalue weighted by molar-refractivity contribution is 7.92. The van der Waals surface area contributed by atoms with Crippen LogP contribution in [0.1, 0.15) is 37.3 Å². The second-order valence-electron chi connectivity index (χ2n) is 8.18. The van der Waals surface area contributed by atoms with E-state index in [4.69, 9.17) is 0 Å². The number of hydrogen-bond acceptors (Lipinski definition) is 4. The van der Waals surface area contributed by atoms with Crippen molar-refractivity contribution in [3.8, 4) is 0 Å². The van der Waals surface area contributed by atoms with E-state index < -0.39 is 16.1 Å². The first-order valence-electron chi connectivity index (χ1n) is 11.0. The van der Waals surface area contributed by atoms with E-state index in [9.17, 15) is 13.2 Å². The first-order valence-corrected chi connectivity index (χ1v) is 12.8. The van der Waals surface area contributed by atoms with Crippen LogP contribution in [-0.4, -0.2) is 46.3 Å². The number of nitrogens with zero attached hydrogens (tertiary/aromatic N) is 2. The van der Waals surface area contributed by atoms with Crippen LogP contribution in [0.4, 0.5) is 11.4 Å². The molecule has 31 heavy (non-hydrogen) atoms. The summed E-state index contributed by atoms with van der Waals surface area (Å²) in [6.07, 6.45) is 4.60. The van der Waals surface area contributed by atoms with E-state index in [0.717, 1.165) is 44.2 Å². The van der Waals surface area contributed by atoms with E-state index in [0.29, 0.717) is 18.7 Å². The van der Waals surface area contributed by atoms with Gasteiger partial charge in [0.2, 0.25) is 15.9 Å². The van der Waals surface area contributed by atoms with Gasteiger partial charge in [-0.2, -0.15) is 0 Å². The van der Waals surface area contributed by atoms with Crippen LogP contribution in [0.2, 0.25) is 0 Å². The van der Waals surface area contributed by atoms with Crippen LogP contribution in [0.15, 0.2) is 48.5 Å². The minimum atomic E-state index is -3.60. The highest BCUT2D eigenvalue weighted by Gasteiger charge is 2.31. The van der Waals surface area contributed by atoms with Crippen LogP contribution < -0.4 is 14.5 Å². The monoisotopic (exact) mass is 443 g/mol. The van der Waals surface area contributed by atoms with Gasteiger partial charge in [-0.15, -0.1) is 0 Å². The normalized spacial score (nSPS) is 14.6. The zero-order chi connectivity index (χ0) is 22.4. The van der Waals surface area contributed by atoms with E-state index in [2.05, 4.69) is 34.5 Å². The first kappa shape index (κ1) is 23.1. The zero-order valence-electron chi connectivity index (χ0n) is 18.7. The second-order valence-corrected chi connectivity index (χ2v) is 10.0. The zero-order valence-corrected chi connectivity index (χ0v) is 19.5. The van der Waals surface area contributed by atoms with Crippen molar-refractivity contribution < 1.29 is 13.2 Å². The summed E-state index contributed by atoms with van der Waals surface area (Å²) in [5.41, 5.74) is 4.22. The largest absolute Gasteiger partial charge is 0.371 e. The maximum absolute atomic E-state index is 12.9. The minimum absolute atomic E-state index is 0.257. The Balaban J connectivity index is 1.61. The molecule has 1 aliphatic heterocycles. The summed E-state index contributed by atoms with van der Waals surface area (Å²) in [6, 6.07) is 14.9. The van der Waals surface area contributed by atoms with Crippen molar-refractivity contribution in [1.82, 2.24) is 5.32 Å². The fourth-order valence-electron chi connectivity index (χ4n) is 4.20. The summed E-state index contributed by atoms with van der Waals surface area (Å²) in [5.74, 6) is -0.257. The van der Waals surface area contributed by atoms with Crippen molar-refractivity contribution >= 4 is 27.3 Å². The van der Waals surface area contributed by atoms with Crippen molar-refractivity contribution in [3.05, 3.63) is 59.7 Å². The van der Waals surface area contributed by atoms with E-state index >= 15 is 0 Å². The third-order valence-electron chi connectivity index (χ3n) is 5.73. The number of carbonyl (C=O) groups is 1. The van der Waals surface area contributed by atoms with Crippen molar-refractivity contribution in [1.29, 1.82) is 0 Å². The van der Waals surface area contributed by atoms with Gasteiger partial charge in [-0.1, -0.05) is 42.8 Å². The molecule has 0 saturated heterocycles. The van der Waals surface area contributed by atoms with E-state index in [1.54, 1.807) is 12.1 Å². The van der Waals surface area contributed by atoms with Gasteiger partial charge >= 0.3 is 0 Å². The fraction of sp³-hybridized carbons (Fsp3) is 0.458. The van der Waals surface area contributed by atoms with Gasteiger partial charge in [-0.25, -0.2) is 8.42 Å². The van der Waals surface area contributed by atoms with Gasteiger partial charge in [-0.3, -0.25) is 9.10 Å². The maximum atomic E-state index is 12.9. The third kappa shape index (κ3) is 5.79. The number of hydrogen-bond donors (Lipinski definition) is 1. The molecule has 6 nitrogen and oxygen atoms in total. The van der Waals surface area contributed by atoms with Crippen LogP contribution in [0.25, 0.3) is 0 Å². The Kier molecular flexibility index (Phi) is 7.59. The molecule has 0 unspecified atom stereocenters. The molecule has 2 aromatic carbocycles. The average molecular weight is 444 g/mol. The molecule has 0 fully saturated rings. The summed E-state index contributed by atoms with van der Waals surface area (Å²) >= 11 is 0. The second kappa shape index (κ2) is 10.2. The SMILES string of the molecule is CC[C@H](C(=O)NCCCN1CCCc2ccccc21)N(c1ccc(C)cc1)S(C)(=O)=O. The van der Waals surface area contributed by atoms with Crippen LogP contribution >= 0.6 is 0 Å². The Morgan fingerprint density at radius 2 is 1.87 bits per heavy atom. The average Bonchev–Trinajstić information content (AvgIpc) is 2.75. The molecule has 0 aromatic heterocycles. The number of para-hydroxylation sites is 1. The topological polar surface area (TPSA) is 69.7 Å². The van der Waals surface area contributed by atoms with Crippen LogP contribution in [-0.2, 0) is 21.2 Å². The van der Waals surface area contributed by atoms with Crippen molar-refractivity contribution in [2.24, 2.45) is 0 Å². The molecule has 3 rings (SSSR count).